The second-order valence-corrected chi connectivity index (χ2v) is 6.46. The van der Waals surface area contributed by atoms with E-state index in [4.69, 9.17) is 4.99 Å². The lowest BCUT2D eigenvalue weighted by Crippen LogP contribution is -2.40. The van der Waals surface area contributed by atoms with E-state index in [1.165, 1.54) is 0 Å². The first-order chi connectivity index (χ1) is 11.0. The van der Waals surface area contributed by atoms with Crippen LogP contribution < -0.4 is 10.6 Å². The van der Waals surface area contributed by atoms with Gasteiger partial charge in [-0.25, -0.2) is 0 Å². The predicted molar refractivity (Wildman–Crippen MR) is 98.9 cm³/mol. The van der Waals surface area contributed by atoms with Crippen molar-refractivity contribution in [3.8, 4) is 0 Å². The van der Waals surface area contributed by atoms with E-state index in [0.717, 1.165) is 44.1 Å². The van der Waals surface area contributed by atoms with Gasteiger partial charge >= 0.3 is 0 Å². The standard InChI is InChI=1S/C18H33N5/c1-6-19-18(21-12-10-16-9-7-8-11-20-16)22-14-17(23(4)5)13-15(2)3/h7-9,11,15,17H,6,10,12-14H2,1-5H3,(H2,19,21,22). The molecule has 1 atom stereocenters. The summed E-state index contributed by atoms with van der Waals surface area (Å²) in [5.74, 6) is 1.57. The second-order valence-electron chi connectivity index (χ2n) is 6.46. The molecule has 0 aliphatic heterocycles. The number of nitrogens with one attached hydrogen (secondary N) is 2. The zero-order valence-electron chi connectivity index (χ0n) is 15.3. The first-order valence-electron chi connectivity index (χ1n) is 8.61. The lowest BCUT2D eigenvalue weighted by atomic mass is 10.0. The van der Waals surface area contributed by atoms with E-state index in [2.05, 4.69) is 61.5 Å². The highest BCUT2D eigenvalue weighted by Crippen LogP contribution is 2.09. The summed E-state index contributed by atoms with van der Waals surface area (Å²) < 4.78 is 0. The van der Waals surface area contributed by atoms with Crippen molar-refractivity contribution >= 4 is 5.96 Å². The molecule has 1 unspecified atom stereocenters. The molecule has 5 nitrogen and oxygen atoms in total. The molecule has 0 saturated carbocycles. The molecule has 5 heteroatoms. The van der Waals surface area contributed by atoms with Gasteiger partial charge in [-0.15, -0.1) is 0 Å². The molecule has 1 heterocycles. The van der Waals surface area contributed by atoms with Crippen molar-refractivity contribution in [3.05, 3.63) is 30.1 Å². The smallest absolute Gasteiger partial charge is 0.191 e. The van der Waals surface area contributed by atoms with Gasteiger partial charge in [0.2, 0.25) is 0 Å². The van der Waals surface area contributed by atoms with Crippen LogP contribution in [-0.4, -0.2) is 55.6 Å². The van der Waals surface area contributed by atoms with E-state index in [1.807, 2.05) is 18.3 Å². The van der Waals surface area contributed by atoms with Crippen LogP contribution in [0.25, 0.3) is 0 Å². The Morgan fingerprint density at radius 3 is 2.61 bits per heavy atom. The topological polar surface area (TPSA) is 52.6 Å². The minimum Gasteiger partial charge on any atom is -0.357 e. The van der Waals surface area contributed by atoms with Gasteiger partial charge in [0.1, 0.15) is 0 Å². The van der Waals surface area contributed by atoms with Crippen molar-refractivity contribution in [2.45, 2.75) is 39.7 Å². The summed E-state index contributed by atoms with van der Waals surface area (Å²) in [6.07, 6.45) is 3.89. The first kappa shape index (κ1) is 19.4. The molecule has 0 amide bonds. The average Bonchev–Trinajstić information content (AvgIpc) is 2.51. The zero-order valence-corrected chi connectivity index (χ0v) is 15.3. The summed E-state index contributed by atoms with van der Waals surface area (Å²) in [6, 6.07) is 6.49. The predicted octanol–water partition coefficient (Wildman–Crippen LogP) is 2.16. The van der Waals surface area contributed by atoms with Gasteiger partial charge in [-0.2, -0.15) is 0 Å². The molecule has 0 aliphatic carbocycles. The summed E-state index contributed by atoms with van der Waals surface area (Å²) in [5.41, 5.74) is 1.10. The largest absolute Gasteiger partial charge is 0.357 e. The number of nitrogens with zero attached hydrogens (tertiary/aromatic N) is 3. The third-order valence-electron chi connectivity index (χ3n) is 3.68. The molecule has 130 valence electrons. The molecule has 1 aromatic rings. The molecule has 0 radical (unpaired) electrons. The number of hydrogen-bond acceptors (Lipinski definition) is 3. The molecule has 0 aliphatic rings. The summed E-state index contributed by atoms with van der Waals surface area (Å²) in [5, 5.41) is 6.71. The number of aromatic nitrogens is 1. The van der Waals surface area contributed by atoms with E-state index in [9.17, 15) is 0 Å². The fraction of sp³-hybridized carbons (Fsp3) is 0.667. The van der Waals surface area contributed by atoms with E-state index in [-0.39, 0.29) is 0 Å². The van der Waals surface area contributed by atoms with Crippen molar-refractivity contribution < 1.29 is 0 Å². The monoisotopic (exact) mass is 319 g/mol. The number of guanidine groups is 1. The maximum absolute atomic E-state index is 4.75. The van der Waals surface area contributed by atoms with Crippen molar-refractivity contribution in [2.75, 3.05) is 33.7 Å². The Morgan fingerprint density at radius 1 is 1.26 bits per heavy atom. The lowest BCUT2D eigenvalue weighted by Gasteiger charge is -2.24. The molecule has 0 bridgehead atoms. The lowest BCUT2D eigenvalue weighted by molar-refractivity contribution is 0.261. The molecular weight excluding hydrogens is 286 g/mol. The third-order valence-corrected chi connectivity index (χ3v) is 3.68. The maximum Gasteiger partial charge on any atom is 0.191 e. The van der Waals surface area contributed by atoms with Gasteiger partial charge in [-0.1, -0.05) is 19.9 Å². The number of pyridine rings is 1. The maximum atomic E-state index is 4.75. The van der Waals surface area contributed by atoms with Gasteiger partial charge in [-0.3, -0.25) is 9.98 Å². The minimum absolute atomic E-state index is 0.473. The van der Waals surface area contributed by atoms with Crippen LogP contribution >= 0.6 is 0 Å². The van der Waals surface area contributed by atoms with Gasteiger partial charge in [-0.05, 0) is 45.5 Å². The highest BCUT2D eigenvalue weighted by Gasteiger charge is 2.13. The molecule has 2 N–H and O–H groups in total. The minimum atomic E-state index is 0.473. The fourth-order valence-corrected chi connectivity index (χ4v) is 2.39. The van der Waals surface area contributed by atoms with Gasteiger partial charge < -0.3 is 15.5 Å². The SMILES string of the molecule is CCNC(=NCC(CC(C)C)N(C)C)NCCc1ccccn1. The summed E-state index contributed by atoms with van der Waals surface area (Å²) in [4.78, 5) is 11.4. The normalized spacial score (nSPS) is 13.4. The van der Waals surface area contributed by atoms with E-state index in [1.54, 1.807) is 0 Å². The molecule has 0 spiro atoms. The second kappa shape index (κ2) is 11.0. The number of hydrogen-bond donors (Lipinski definition) is 2. The molecule has 0 aromatic carbocycles. The van der Waals surface area contributed by atoms with Gasteiger partial charge in [0.25, 0.3) is 0 Å². The van der Waals surface area contributed by atoms with Crippen molar-refractivity contribution in [2.24, 2.45) is 10.9 Å². The van der Waals surface area contributed by atoms with Gasteiger partial charge in [0, 0.05) is 37.4 Å². The Morgan fingerprint density at radius 2 is 2.04 bits per heavy atom. The molecule has 1 aromatic heterocycles. The van der Waals surface area contributed by atoms with Crippen molar-refractivity contribution in [1.82, 2.24) is 20.5 Å². The summed E-state index contributed by atoms with van der Waals surface area (Å²) in [7, 11) is 4.26. The summed E-state index contributed by atoms with van der Waals surface area (Å²) in [6.45, 7) is 9.12. The quantitative estimate of drug-likeness (QED) is 0.541. The Bertz CT molecular complexity index is 442. The molecule has 0 fully saturated rings. The van der Waals surface area contributed by atoms with Crippen LogP contribution in [0.5, 0.6) is 0 Å². The number of likely N-dealkylation sites (N-methyl/N-ethyl adjacent to an activating group) is 1. The first-order valence-corrected chi connectivity index (χ1v) is 8.61. The Kier molecular flexibility index (Phi) is 9.29. The van der Waals surface area contributed by atoms with E-state index >= 15 is 0 Å². The molecule has 0 saturated heterocycles. The van der Waals surface area contributed by atoms with Crippen molar-refractivity contribution in [3.63, 3.8) is 0 Å². The number of aliphatic imine (C=N–C) groups is 1. The van der Waals surface area contributed by atoms with Crippen LogP contribution in [0.15, 0.2) is 29.4 Å². The molecular formula is C18H33N5. The Balaban J connectivity index is 2.51. The zero-order chi connectivity index (χ0) is 17.1. The van der Waals surface area contributed by atoms with Crippen LogP contribution in [0.2, 0.25) is 0 Å². The Labute approximate surface area is 141 Å². The van der Waals surface area contributed by atoms with E-state index < -0.39 is 0 Å². The van der Waals surface area contributed by atoms with Crippen molar-refractivity contribution in [1.29, 1.82) is 0 Å². The Hall–Kier alpha value is -1.62. The fourth-order valence-electron chi connectivity index (χ4n) is 2.39. The number of rotatable bonds is 9. The van der Waals surface area contributed by atoms with Crippen LogP contribution in [0, 0.1) is 5.92 Å². The highest BCUT2D eigenvalue weighted by molar-refractivity contribution is 5.79. The molecule has 23 heavy (non-hydrogen) atoms. The van der Waals surface area contributed by atoms with Crippen LogP contribution in [0.3, 0.4) is 0 Å². The van der Waals surface area contributed by atoms with Crippen LogP contribution in [0.1, 0.15) is 32.9 Å². The van der Waals surface area contributed by atoms with Crippen LogP contribution in [0.4, 0.5) is 0 Å². The van der Waals surface area contributed by atoms with Gasteiger partial charge in [0.15, 0.2) is 5.96 Å². The van der Waals surface area contributed by atoms with Gasteiger partial charge in [0.05, 0.1) is 6.54 Å². The summed E-state index contributed by atoms with van der Waals surface area (Å²) >= 11 is 0. The van der Waals surface area contributed by atoms with E-state index in [0.29, 0.717) is 12.0 Å². The van der Waals surface area contributed by atoms with Crippen LogP contribution in [-0.2, 0) is 6.42 Å². The highest BCUT2D eigenvalue weighted by atomic mass is 15.2. The third kappa shape index (κ3) is 8.55. The molecule has 1 rings (SSSR count). The average molecular weight is 319 g/mol.